The van der Waals surface area contributed by atoms with Gasteiger partial charge in [-0.2, -0.15) is 5.26 Å². The Morgan fingerprint density at radius 3 is 2.94 bits per heavy atom. The van der Waals surface area contributed by atoms with Crippen LogP contribution in [0.25, 0.3) is 21.0 Å². The number of nitrogens with one attached hydrogen (secondary N) is 1. The van der Waals surface area contributed by atoms with E-state index in [4.69, 9.17) is 9.47 Å². The molecule has 0 aliphatic heterocycles. The average molecular weight is 448 g/mol. The number of carbonyl (C=O) groups is 1. The van der Waals surface area contributed by atoms with Crippen molar-refractivity contribution >= 4 is 17.2 Å². The standard InChI is InChI=1S/C25H25N3O3S/c1-15(2)31-22-10-7-16(11-17(22)12-26)25-27-13-23(32-25)20-6-4-5-19-18(20)8-9-21(19)28-24(29)14-30-3/h4-7,10-11,13,15,21H,8-9,14H2,1-3H3,(H,28,29)/t21-/m0/s1. The molecule has 7 heteroatoms. The zero-order chi connectivity index (χ0) is 22.7. The van der Waals surface area contributed by atoms with E-state index in [0.717, 1.165) is 39.4 Å². The lowest BCUT2D eigenvalue weighted by molar-refractivity contribution is -0.125. The maximum atomic E-state index is 12.0. The second-order valence-corrected chi connectivity index (χ2v) is 9.01. The molecule has 0 spiro atoms. The van der Waals surface area contributed by atoms with Gasteiger partial charge in [0.25, 0.3) is 0 Å². The number of benzene rings is 2. The topological polar surface area (TPSA) is 84.2 Å². The van der Waals surface area contributed by atoms with Crippen LogP contribution in [0.1, 0.15) is 43.0 Å². The molecule has 0 bridgehead atoms. The summed E-state index contributed by atoms with van der Waals surface area (Å²) in [5.41, 5.74) is 4.96. The Morgan fingerprint density at radius 2 is 2.19 bits per heavy atom. The van der Waals surface area contributed by atoms with Crippen molar-refractivity contribution in [3.05, 3.63) is 59.3 Å². The van der Waals surface area contributed by atoms with Gasteiger partial charge in [-0.3, -0.25) is 4.79 Å². The molecule has 1 aliphatic carbocycles. The van der Waals surface area contributed by atoms with Crippen LogP contribution >= 0.6 is 11.3 Å². The maximum Gasteiger partial charge on any atom is 0.246 e. The Bertz CT molecular complexity index is 1180. The Balaban J connectivity index is 1.61. The molecule has 1 heterocycles. The lowest BCUT2D eigenvalue weighted by atomic mass is 10.0. The summed E-state index contributed by atoms with van der Waals surface area (Å²) in [5.74, 6) is 0.486. The second kappa shape index (κ2) is 9.51. The molecule has 1 atom stereocenters. The molecule has 32 heavy (non-hydrogen) atoms. The van der Waals surface area contributed by atoms with E-state index in [9.17, 15) is 10.1 Å². The molecule has 1 aromatic heterocycles. The number of nitrogens with zero attached hydrogens (tertiary/aromatic N) is 2. The minimum Gasteiger partial charge on any atom is -0.490 e. The third-order valence-electron chi connectivity index (χ3n) is 5.36. The van der Waals surface area contributed by atoms with Crippen LogP contribution in [-0.2, 0) is 16.0 Å². The van der Waals surface area contributed by atoms with E-state index in [2.05, 4.69) is 28.5 Å². The van der Waals surface area contributed by atoms with Gasteiger partial charge in [-0.05, 0) is 61.6 Å². The van der Waals surface area contributed by atoms with Gasteiger partial charge in [-0.1, -0.05) is 18.2 Å². The van der Waals surface area contributed by atoms with Crippen LogP contribution in [0.5, 0.6) is 5.75 Å². The number of thiazole rings is 1. The lowest BCUT2D eigenvalue weighted by Crippen LogP contribution is -2.30. The molecule has 0 fully saturated rings. The van der Waals surface area contributed by atoms with Gasteiger partial charge in [0.15, 0.2) is 0 Å². The molecule has 1 aliphatic rings. The van der Waals surface area contributed by atoms with Gasteiger partial charge < -0.3 is 14.8 Å². The Kier molecular flexibility index (Phi) is 6.54. The van der Waals surface area contributed by atoms with Crippen molar-refractivity contribution in [2.75, 3.05) is 13.7 Å². The van der Waals surface area contributed by atoms with Crippen molar-refractivity contribution in [2.24, 2.45) is 0 Å². The zero-order valence-corrected chi connectivity index (χ0v) is 19.2. The van der Waals surface area contributed by atoms with Crippen LogP contribution in [0.2, 0.25) is 0 Å². The molecule has 0 saturated heterocycles. The quantitative estimate of drug-likeness (QED) is 0.558. The van der Waals surface area contributed by atoms with Crippen molar-refractivity contribution in [1.82, 2.24) is 10.3 Å². The Hall–Kier alpha value is -3.21. The van der Waals surface area contributed by atoms with Crippen LogP contribution in [0.4, 0.5) is 0 Å². The molecule has 164 valence electrons. The molecular weight excluding hydrogens is 422 g/mol. The van der Waals surface area contributed by atoms with Crippen LogP contribution in [0, 0.1) is 11.3 Å². The number of hydrogen-bond donors (Lipinski definition) is 1. The lowest BCUT2D eigenvalue weighted by Gasteiger charge is -2.14. The van der Waals surface area contributed by atoms with Crippen LogP contribution in [-0.4, -0.2) is 30.7 Å². The van der Waals surface area contributed by atoms with Gasteiger partial charge in [0.1, 0.15) is 23.4 Å². The summed E-state index contributed by atoms with van der Waals surface area (Å²) in [6.07, 6.45) is 3.66. The van der Waals surface area contributed by atoms with Crippen molar-refractivity contribution in [2.45, 2.75) is 38.8 Å². The molecule has 0 saturated carbocycles. The number of rotatable bonds is 7. The number of methoxy groups -OCH3 is 1. The van der Waals surface area contributed by atoms with Crippen LogP contribution < -0.4 is 10.1 Å². The number of fused-ring (bicyclic) bond motifs is 1. The number of carbonyl (C=O) groups excluding carboxylic acids is 1. The van der Waals surface area contributed by atoms with Gasteiger partial charge in [-0.15, -0.1) is 11.3 Å². The largest absolute Gasteiger partial charge is 0.490 e. The van der Waals surface area contributed by atoms with E-state index in [-0.39, 0.29) is 24.7 Å². The summed E-state index contributed by atoms with van der Waals surface area (Å²) in [4.78, 5) is 17.7. The van der Waals surface area contributed by atoms with E-state index in [1.54, 1.807) is 11.3 Å². The number of hydrogen-bond acceptors (Lipinski definition) is 6. The third kappa shape index (κ3) is 4.52. The van der Waals surface area contributed by atoms with E-state index >= 15 is 0 Å². The third-order valence-corrected chi connectivity index (χ3v) is 6.44. The molecular formula is C25H25N3O3S. The fourth-order valence-corrected chi connectivity index (χ4v) is 5.01. The number of amides is 1. The Labute approximate surface area is 191 Å². The summed E-state index contributed by atoms with van der Waals surface area (Å²) >= 11 is 1.60. The van der Waals surface area contributed by atoms with Crippen molar-refractivity contribution in [3.8, 4) is 32.8 Å². The number of aromatic nitrogens is 1. The van der Waals surface area contributed by atoms with Gasteiger partial charge in [0.05, 0.1) is 22.6 Å². The monoisotopic (exact) mass is 447 g/mol. The molecule has 3 aromatic rings. The first kappa shape index (κ1) is 22.0. The van der Waals surface area contributed by atoms with E-state index in [1.807, 2.05) is 44.3 Å². The van der Waals surface area contributed by atoms with Gasteiger partial charge in [0.2, 0.25) is 5.91 Å². The summed E-state index contributed by atoms with van der Waals surface area (Å²) in [6.45, 7) is 3.94. The second-order valence-electron chi connectivity index (χ2n) is 7.98. The van der Waals surface area contributed by atoms with Gasteiger partial charge in [0, 0.05) is 18.9 Å². The molecule has 0 unspecified atom stereocenters. The highest BCUT2D eigenvalue weighted by molar-refractivity contribution is 7.18. The SMILES string of the molecule is COCC(=O)N[C@H]1CCc2c(-c3cnc(-c4ccc(OC(C)C)c(C#N)c4)s3)cccc21. The van der Waals surface area contributed by atoms with Crippen molar-refractivity contribution in [1.29, 1.82) is 5.26 Å². The number of ether oxygens (including phenoxy) is 2. The normalized spacial score (nSPS) is 14.8. The average Bonchev–Trinajstić information content (AvgIpc) is 3.41. The summed E-state index contributed by atoms with van der Waals surface area (Å²) in [5, 5.41) is 13.4. The summed E-state index contributed by atoms with van der Waals surface area (Å²) in [7, 11) is 1.52. The summed E-state index contributed by atoms with van der Waals surface area (Å²) < 4.78 is 10.7. The van der Waals surface area contributed by atoms with Crippen molar-refractivity contribution in [3.63, 3.8) is 0 Å². The van der Waals surface area contributed by atoms with E-state index in [0.29, 0.717) is 11.3 Å². The molecule has 1 amide bonds. The van der Waals surface area contributed by atoms with E-state index in [1.165, 1.54) is 12.7 Å². The maximum absolute atomic E-state index is 12.0. The first-order valence-corrected chi connectivity index (χ1v) is 11.4. The van der Waals surface area contributed by atoms with Gasteiger partial charge in [-0.25, -0.2) is 4.98 Å². The molecule has 0 radical (unpaired) electrons. The molecule has 2 aromatic carbocycles. The molecule has 6 nitrogen and oxygen atoms in total. The van der Waals surface area contributed by atoms with Crippen molar-refractivity contribution < 1.29 is 14.3 Å². The first-order valence-electron chi connectivity index (χ1n) is 10.6. The zero-order valence-electron chi connectivity index (χ0n) is 18.3. The molecule has 1 N–H and O–H groups in total. The van der Waals surface area contributed by atoms with E-state index < -0.39 is 0 Å². The first-order chi connectivity index (χ1) is 15.5. The summed E-state index contributed by atoms with van der Waals surface area (Å²) in [6, 6.07) is 14.1. The highest BCUT2D eigenvalue weighted by Gasteiger charge is 2.26. The van der Waals surface area contributed by atoms with Crippen LogP contribution in [0.3, 0.4) is 0 Å². The van der Waals surface area contributed by atoms with Gasteiger partial charge >= 0.3 is 0 Å². The predicted molar refractivity (Wildman–Crippen MR) is 125 cm³/mol. The fraction of sp³-hybridized carbons (Fsp3) is 0.320. The van der Waals surface area contributed by atoms with Crippen LogP contribution in [0.15, 0.2) is 42.6 Å². The minimum atomic E-state index is -0.103. The smallest absolute Gasteiger partial charge is 0.246 e. The number of nitriles is 1. The minimum absolute atomic E-state index is 0.00250. The molecule has 4 rings (SSSR count). The predicted octanol–water partition coefficient (Wildman–Crippen LogP) is 4.89. The highest BCUT2D eigenvalue weighted by atomic mass is 32.1. The fourth-order valence-electron chi connectivity index (χ4n) is 4.04. The Morgan fingerprint density at radius 1 is 1.34 bits per heavy atom. The highest BCUT2D eigenvalue weighted by Crippen LogP contribution is 2.41.